The highest BCUT2D eigenvalue weighted by Crippen LogP contribution is 2.54. The van der Waals surface area contributed by atoms with Crippen LogP contribution < -0.4 is 26.5 Å². The highest BCUT2D eigenvalue weighted by molar-refractivity contribution is 7.95. The third-order valence-electron chi connectivity index (χ3n) is 8.74. The molecule has 7 rings (SSSR count). The number of benzene rings is 6. The number of amides is 1. The van der Waals surface area contributed by atoms with Gasteiger partial charge in [-0.2, -0.15) is 0 Å². The number of carbonyl (C=O) groups excluding carboxylic acids is 1. The van der Waals surface area contributed by atoms with E-state index in [2.05, 4.69) is 138 Å². The van der Waals surface area contributed by atoms with Crippen molar-refractivity contribution in [2.75, 3.05) is 25.1 Å². The summed E-state index contributed by atoms with van der Waals surface area (Å²) in [6.45, 7) is 0.566. The number of fused-ring (bicyclic) bond motifs is 2. The Labute approximate surface area is 265 Å². The van der Waals surface area contributed by atoms with E-state index < -0.39 is 7.26 Å². The predicted octanol–water partition coefficient (Wildman–Crippen LogP) is 7.28. The van der Waals surface area contributed by atoms with Crippen molar-refractivity contribution in [1.82, 2.24) is 5.32 Å². The second-order valence-electron chi connectivity index (χ2n) is 11.4. The first-order chi connectivity index (χ1) is 22.1. The van der Waals surface area contributed by atoms with Gasteiger partial charge in [0.2, 0.25) is 0 Å². The van der Waals surface area contributed by atoms with Crippen molar-refractivity contribution in [1.29, 1.82) is 0 Å². The number of nitrogens with zero attached hydrogens (tertiary/aromatic N) is 1. The van der Waals surface area contributed by atoms with Crippen LogP contribution in [0.5, 0.6) is 0 Å². The largest absolute Gasteiger partial charge is 0.388 e. The minimum absolute atomic E-state index is 0.0513. The molecule has 0 spiro atoms. The highest BCUT2D eigenvalue weighted by Gasteiger charge is 2.44. The van der Waals surface area contributed by atoms with Gasteiger partial charge in [-0.1, -0.05) is 72.8 Å². The molecule has 1 aliphatic heterocycles. The normalized spacial score (nSPS) is 12.4. The number of aliphatic imine (C=N–C) groups is 1. The minimum Gasteiger partial charge on any atom is -0.388 e. The number of hydrogen-bond acceptors (Lipinski definition) is 3. The summed E-state index contributed by atoms with van der Waals surface area (Å²) in [5, 5.41) is 12.8. The summed E-state index contributed by atoms with van der Waals surface area (Å²) in [6.07, 6.45) is 1.54. The van der Waals surface area contributed by atoms with Gasteiger partial charge in [0.1, 0.15) is 23.2 Å². The molecule has 0 saturated carbocycles. The lowest BCUT2D eigenvalue weighted by atomic mass is 9.99. The lowest BCUT2D eigenvalue weighted by Gasteiger charge is -2.27. The molecule has 4 nitrogen and oxygen atoms in total. The monoisotopic (exact) mass is 604 g/mol. The van der Waals surface area contributed by atoms with Crippen LogP contribution in [-0.2, 0) is 6.42 Å². The first-order valence-corrected chi connectivity index (χ1v) is 17.4. The van der Waals surface area contributed by atoms with E-state index in [1.54, 1.807) is 0 Å². The maximum atomic E-state index is 13.5. The lowest BCUT2D eigenvalue weighted by molar-refractivity contribution is 0.0956. The van der Waals surface area contributed by atoms with Crippen molar-refractivity contribution in [3.05, 3.63) is 162 Å². The Bertz CT molecular complexity index is 1910. The van der Waals surface area contributed by atoms with Crippen molar-refractivity contribution in [3.63, 3.8) is 0 Å². The van der Waals surface area contributed by atoms with Crippen molar-refractivity contribution in [2.45, 2.75) is 6.42 Å². The summed E-state index contributed by atoms with van der Waals surface area (Å²) in [5.41, 5.74) is 5.94. The van der Waals surface area contributed by atoms with Crippen LogP contribution >= 0.6 is 7.26 Å². The SMILES string of the molecule is CNc1ccc2cc(C3=Nc4ccc(C(=O)NCC[P+](c5ccccc5)(c5ccccc5)c5ccccc5)cc4C3)ccc2c1. The molecule has 6 aromatic rings. The van der Waals surface area contributed by atoms with Crippen LogP contribution in [0.3, 0.4) is 0 Å². The summed E-state index contributed by atoms with van der Waals surface area (Å²) in [7, 11) is -0.0816. The lowest BCUT2D eigenvalue weighted by Crippen LogP contribution is -2.37. The minimum atomic E-state index is -2.02. The third-order valence-corrected chi connectivity index (χ3v) is 13.2. The van der Waals surface area contributed by atoms with Gasteiger partial charge >= 0.3 is 0 Å². The molecule has 220 valence electrons. The Morgan fingerprint density at radius 3 is 1.91 bits per heavy atom. The molecule has 5 heteroatoms. The summed E-state index contributed by atoms with van der Waals surface area (Å²) >= 11 is 0. The highest BCUT2D eigenvalue weighted by atomic mass is 31.2. The molecule has 1 amide bonds. The molecular formula is C40H35N3OP+. The van der Waals surface area contributed by atoms with Gasteiger partial charge in [-0.25, -0.2) is 0 Å². The quantitative estimate of drug-likeness (QED) is 0.171. The Kier molecular flexibility index (Phi) is 7.98. The zero-order chi connectivity index (χ0) is 30.6. The maximum Gasteiger partial charge on any atom is 0.251 e. The van der Waals surface area contributed by atoms with Crippen LogP contribution in [0, 0.1) is 0 Å². The van der Waals surface area contributed by atoms with Gasteiger partial charge in [-0.05, 0) is 94.7 Å². The zero-order valence-corrected chi connectivity index (χ0v) is 26.2. The molecule has 2 N–H and O–H groups in total. The number of hydrogen-bond donors (Lipinski definition) is 2. The first kappa shape index (κ1) is 28.7. The molecule has 0 saturated heterocycles. The fourth-order valence-corrected chi connectivity index (χ4v) is 10.6. The topological polar surface area (TPSA) is 53.5 Å². The Morgan fingerprint density at radius 2 is 1.29 bits per heavy atom. The Hall–Kier alpha value is -5.05. The van der Waals surface area contributed by atoms with Crippen LogP contribution in [0.1, 0.15) is 21.5 Å². The van der Waals surface area contributed by atoms with E-state index in [1.165, 1.54) is 26.7 Å². The summed E-state index contributed by atoms with van der Waals surface area (Å²) in [5.74, 6) is -0.0513. The predicted molar refractivity (Wildman–Crippen MR) is 192 cm³/mol. The first-order valence-electron chi connectivity index (χ1n) is 15.4. The van der Waals surface area contributed by atoms with Crippen LogP contribution in [0.15, 0.2) is 151 Å². The smallest absolute Gasteiger partial charge is 0.251 e. The van der Waals surface area contributed by atoms with Crippen LogP contribution in [0.4, 0.5) is 11.4 Å². The zero-order valence-electron chi connectivity index (χ0n) is 25.3. The molecule has 6 aromatic carbocycles. The van der Waals surface area contributed by atoms with Gasteiger partial charge in [0, 0.05) is 24.7 Å². The molecule has 0 bridgehead atoms. The van der Waals surface area contributed by atoms with Crippen LogP contribution in [0.2, 0.25) is 0 Å². The number of nitrogens with one attached hydrogen (secondary N) is 2. The third kappa shape index (κ3) is 5.66. The average Bonchev–Trinajstić information content (AvgIpc) is 3.54. The average molecular weight is 605 g/mol. The van der Waals surface area contributed by atoms with Crippen molar-refractivity contribution >= 4 is 56.9 Å². The van der Waals surface area contributed by atoms with E-state index in [9.17, 15) is 4.79 Å². The molecule has 0 atom stereocenters. The number of anilines is 1. The molecule has 0 aliphatic carbocycles. The van der Waals surface area contributed by atoms with Gasteiger partial charge in [-0.3, -0.25) is 9.79 Å². The summed E-state index contributed by atoms with van der Waals surface area (Å²) in [6, 6.07) is 51.1. The van der Waals surface area contributed by atoms with E-state index in [-0.39, 0.29) is 5.91 Å². The molecule has 1 aliphatic rings. The molecule has 1 heterocycles. The Balaban J connectivity index is 1.10. The molecule has 0 radical (unpaired) electrons. The molecule has 45 heavy (non-hydrogen) atoms. The fraction of sp³-hybridized carbons (Fsp3) is 0.100. The van der Waals surface area contributed by atoms with Crippen molar-refractivity contribution in [3.8, 4) is 0 Å². The second-order valence-corrected chi connectivity index (χ2v) is 15.0. The summed E-state index contributed by atoms with van der Waals surface area (Å²) < 4.78 is 0. The molecule has 0 unspecified atom stereocenters. The Morgan fingerprint density at radius 1 is 0.689 bits per heavy atom. The van der Waals surface area contributed by atoms with Gasteiger partial charge < -0.3 is 10.6 Å². The van der Waals surface area contributed by atoms with E-state index in [0.29, 0.717) is 18.5 Å². The van der Waals surface area contributed by atoms with E-state index in [1.807, 2.05) is 25.2 Å². The van der Waals surface area contributed by atoms with E-state index in [4.69, 9.17) is 4.99 Å². The van der Waals surface area contributed by atoms with Crippen LogP contribution in [-0.4, -0.2) is 31.4 Å². The van der Waals surface area contributed by atoms with E-state index >= 15 is 0 Å². The standard InChI is InChI=1S/C40H34N3OP/c1-41-34-21-19-29-25-31(18-17-30(29)27-34)39-28-33-26-32(20-22-38(33)43-39)40(44)42-23-24-45(35-11-5-2-6-12-35,36-13-7-3-8-14-36)37-15-9-4-10-16-37/h2-22,25-27H,23-24,28H2,1H3,(H-,41,42,43,44)/p+1. The maximum absolute atomic E-state index is 13.5. The second kappa shape index (κ2) is 12.5. The molecular weight excluding hydrogens is 569 g/mol. The van der Waals surface area contributed by atoms with Gasteiger partial charge in [0.15, 0.2) is 0 Å². The van der Waals surface area contributed by atoms with Gasteiger partial charge in [0.25, 0.3) is 5.91 Å². The number of carbonyl (C=O) groups is 1. The van der Waals surface area contributed by atoms with Crippen LogP contribution in [0.25, 0.3) is 10.8 Å². The number of rotatable bonds is 9. The fourth-order valence-electron chi connectivity index (χ4n) is 6.41. The van der Waals surface area contributed by atoms with E-state index in [0.717, 1.165) is 34.4 Å². The van der Waals surface area contributed by atoms with Gasteiger partial charge in [0.05, 0.1) is 24.1 Å². The van der Waals surface area contributed by atoms with Crippen molar-refractivity contribution in [2.24, 2.45) is 4.99 Å². The summed E-state index contributed by atoms with van der Waals surface area (Å²) in [4.78, 5) is 18.5. The van der Waals surface area contributed by atoms with Gasteiger partial charge in [-0.15, -0.1) is 0 Å². The molecule has 0 aromatic heterocycles. The molecule has 0 fully saturated rings. The van der Waals surface area contributed by atoms with Crippen molar-refractivity contribution < 1.29 is 4.79 Å².